The van der Waals surface area contributed by atoms with Crippen molar-refractivity contribution < 1.29 is 17.9 Å². The van der Waals surface area contributed by atoms with Crippen LogP contribution in [0, 0.1) is 11.3 Å². The third kappa shape index (κ3) is 5.76. The second-order valence-corrected chi connectivity index (χ2v) is 9.53. The zero-order valence-corrected chi connectivity index (χ0v) is 16.2. The van der Waals surface area contributed by atoms with E-state index < -0.39 is 21.7 Å². The maximum absolute atomic E-state index is 12.1. The molecule has 0 N–H and O–H groups in total. The van der Waals surface area contributed by atoms with Gasteiger partial charge in [-0.15, -0.1) is 0 Å². The van der Waals surface area contributed by atoms with Crippen molar-refractivity contribution in [3.05, 3.63) is 0 Å². The van der Waals surface area contributed by atoms with Crippen molar-refractivity contribution in [1.29, 1.82) is 0 Å². The van der Waals surface area contributed by atoms with Gasteiger partial charge in [0.1, 0.15) is 0 Å². The average molecular weight is 336 g/mol. The lowest BCUT2D eigenvalue weighted by atomic mass is 9.80. The number of methoxy groups -OCH3 is 1. The highest BCUT2D eigenvalue weighted by atomic mass is 32.2. The second-order valence-electron chi connectivity index (χ2n) is 7.51. The molecular formula is C15H32N2O4S. The summed E-state index contributed by atoms with van der Waals surface area (Å²) in [5, 5.41) is 0. The van der Waals surface area contributed by atoms with E-state index in [0.29, 0.717) is 12.5 Å². The quantitative estimate of drug-likeness (QED) is 0.716. The molecule has 6 nitrogen and oxygen atoms in total. The van der Waals surface area contributed by atoms with Gasteiger partial charge in [-0.2, -0.15) is 4.31 Å². The summed E-state index contributed by atoms with van der Waals surface area (Å²) in [7, 11) is -0.480. The molecule has 0 saturated carbocycles. The van der Waals surface area contributed by atoms with E-state index in [9.17, 15) is 13.2 Å². The Bertz CT molecular complexity index is 484. The van der Waals surface area contributed by atoms with E-state index in [1.54, 1.807) is 18.7 Å². The molecule has 7 heteroatoms. The first-order valence-corrected chi connectivity index (χ1v) is 9.27. The molecule has 0 aliphatic carbocycles. The van der Waals surface area contributed by atoms with Gasteiger partial charge >= 0.3 is 6.09 Å². The van der Waals surface area contributed by atoms with Crippen LogP contribution in [-0.4, -0.2) is 62.8 Å². The molecule has 0 fully saturated rings. The van der Waals surface area contributed by atoms with Gasteiger partial charge in [0.25, 0.3) is 0 Å². The van der Waals surface area contributed by atoms with Crippen LogP contribution in [0.25, 0.3) is 0 Å². The maximum atomic E-state index is 12.1. The van der Waals surface area contributed by atoms with Gasteiger partial charge in [0.05, 0.1) is 13.4 Å². The van der Waals surface area contributed by atoms with Crippen molar-refractivity contribution in [1.82, 2.24) is 9.21 Å². The van der Waals surface area contributed by atoms with Crippen molar-refractivity contribution in [2.45, 2.75) is 47.1 Å². The number of sulfonamides is 1. The molecule has 0 aromatic carbocycles. The summed E-state index contributed by atoms with van der Waals surface area (Å²) in [6.45, 7) is 12.7. The summed E-state index contributed by atoms with van der Waals surface area (Å²) in [5.74, 6) is 0.371. The standard InChI is InChI=1S/C15H32N2O4S/c1-12(2)14(3,4)10-17(13(18)21-8)11-15(5,6)16(7)22(9,19)20/h12H,10-11H2,1-9H3. The monoisotopic (exact) mass is 336 g/mol. The highest BCUT2D eigenvalue weighted by molar-refractivity contribution is 7.88. The molecule has 0 unspecified atom stereocenters. The Morgan fingerprint density at radius 1 is 1.14 bits per heavy atom. The topological polar surface area (TPSA) is 66.9 Å². The number of carbonyl (C=O) groups excluding carboxylic acids is 1. The maximum Gasteiger partial charge on any atom is 0.409 e. The summed E-state index contributed by atoms with van der Waals surface area (Å²) in [5.41, 5.74) is -0.831. The number of nitrogens with zero attached hydrogens (tertiary/aromatic N) is 2. The van der Waals surface area contributed by atoms with Gasteiger partial charge in [0.2, 0.25) is 10.0 Å². The molecule has 0 aromatic rings. The molecule has 0 spiro atoms. The lowest BCUT2D eigenvalue weighted by Crippen LogP contribution is -2.55. The summed E-state index contributed by atoms with van der Waals surface area (Å²) < 4.78 is 29.7. The third-order valence-corrected chi connectivity index (χ3v) is 6.01. The smallest absolute Gasteiger partial charge is 0.409 e. The van der Waals surface area contributed by atoms with Crippen LogP contribution in [0.15, 0.2) is 0 Å². The fourth-order valence-electron chi connectivity index (χ4n) is 2.00. The molecule has 132 valence electrons. The van der Waals surface area contributed by atoms with Gasteiger partial charge in [0, 0.05) is 25.7 Å². The molecule has 0 aromatic heterocycles. The first-order valence-electron chi connectivity index (χ1n) is 7.42. The first kappa shape index (κ1) is 21.2. The van der Waals surface area contributed by atoms with E-state index >= 15 is 0 Å². The molecule has 0 rings (SSSR count). The molecule has 0 bridgehead atoms. The number of ether oxygens (including phenoxy) is 1. The van der Waals surface area contributed by atoms with Gasteiger partial charge in [-0.1, -0.05) is 27.7 Å². The number of hydrogen-bond acceptors (Lipinski definition) is 4. The number of rotatable bonds is 7. The van der Waals surface area contributed by atoms with E-state index in [4.69, 9.17) is 4.74 Å². The zero-order chi connectivity index (χ0) is 17.9. The van der Waals surface area contributed by atoms with Gasteiger partial charge < -0.3 is 9.64 Å². The molecular weight excluding hydrogens is 304 g/mol. The largest absolute Gasteiger partial charge is 0.453 e. The van der Waals surface area contributed by atoms with Crippen molar-refractivity contribution >= 4 is 16.1 Å². The summed E-state index contributed by atoms with van der Waals surface area (Å²) in [6, 6.07) is 0. The van der Waals surface area contributed by atoms with E-state index in [2.05, 4.69) is 27.7 Å². The fraction of sp³-hybridized carbons (Fsp3) is 0.933. The zero-order valence-electron chi connectivity index (χ0n) is 15.4. The molecule has 22 heavy (non-hydrogen) atoms. The number of carbonyl (C=O) groups is 1. The van der Waals surface area contributed by atoms with Crippen LogP contribution in [0.2, 0.25) is 0 Å². The Kier molecular flexibility index (Phi) is 6.90. The van der Waals surface area contributed by atoms with E-state index in [-0.39, 0.29) is 12.0 Å². The lowest BCUT2D eigenvalue weighted by molar-refractivity contribution is 0.0690. The van der Waals surface area contributed by atoms with Crippen LogP contribution >= 0.6 is 0 Å². The van der Waals surface area contributed by atoms with E-state index in [1.165, 1.54) is 18.5 Å². The Hall–Kier alpha value is -0.820. The third-order valence-electron chi connectivity index (χ3n) is 4.52. The van der Waals surface area contributed by atoms with Gasteiger partial charge in [-0.3, -0.25) is 0 Å². The number of hydrogen-bond donors (Lipinski definition) is 0. The van der Waals surface area contributed by atoms with Crippen LogP contribution in [-0.2, 0) is 14.8 Å². The van der Waals surface area contributed by atoms with Crippen LogP contribution < -0.4 is 0 Å². The first-order chi connectivity index (χ1) is 9.65. The minimum absolute atomic E-state index is 0.103. The Balaban J connectivity index is 5.37. The predicted molar refractivity (Wildman–Crippen MR) is 89.3 cm³/mol. The van der Waals surface area contributed by atoms with Crippen molar-refractivity contribution in [2.24, 2.45) is 11.3 Å². The summed E-state index contributed by atoms with van der Waals surface area (Å²) in [6.07, 6.45) is 0.721. The number of amides is 1. The molecule has 0 radical (unpaired) electrons. The van der Waals surface area contributed by atoms with Crippen LogP contribution in [0.5, 0.6) is 0 Å². The van der Waals surface area contributed by atoms with Gasteiger partial charge in [-0.25, -0.2) is 13.2 Å². The molecule has 0 aliphatic rings. The SMILES string of the molecule is COC(=O)N(CC(C)(C)C(C)C)CC(C)(C)N(C)S(C)(=O)=O. The van der Waals surface area contributed by atoms with Crippen LogP contribution in [0.1, 0.15) is 41.5 Å². The summed E-state index contributed by atoms with van der Waals surface area (Å²) in [4.78, 5) is 13.7. The Labute approximate surface area is 135 Å². The van der Waals surface area contributed by atoms with Gasteiger partial charge in [-0.05, 0) is 25.2 Å². The normalized spacial score (nSPS) is 13.6. The second kappa shape index (κ2) is 7.17. The Morgan fingerprint density at radius 2 is 1.59 bits per heavy atom. The predicted octanol–water partition coefficient (Wildman–Crippen LogP) is 2.41. The lowest BCUT2D eigenvalue weighted by Gasteiger charge is -2.41. The number of likely N-dealkylation sites (N-methyl/N-ethyl adjacent to an activating group) is 1. The summed E-state index contributed by atoms with van der Waals surface area (Å²) >= 11 is 0. The van der Waals surface area contributed by atoms with Crippen molar-refractivity contribution in [2.75, 3.05) is 33.5 Å². The molecule has 0 heterocycles. The minimum Gasteiger partial charge on any atom is -0.453 e. The Morgan fingerprint density at radius 3 is 1.91 bits per heavy atom. The fourth-order valence-corrected chi connectivity index (χ4v) is 2.96. The van der Waals surface area contributed by atoms with Crippen LogP contribution in [0.4, 0.5) is 4.79 Å². The molecule has 0 saturated heterocycles. The van der Waals surface area contributed by atoms with Crippen LogP contribution in [0.3, 0.4) is 0 Å². The minimum atomic E-state index is -3.34. The highest BCUT2D eigenvalue weighted by Crippen LogP contribution is 2.29. The molecule has 1 amide bonds. The van der Waals surface area contributed by atoms with Gasteiger partial charge in [0.15, 0.2) is 0 Å². The highest BCUT2D eigenvalue weighted by Gasteiger charge is 2.36. The van der Waals surface area contributed by atoms with Crippen molar-refractivity contribution in [3.8, 4) is 0 Å². The molecule has 0 aliphatic heterocycles. The van der Waals surface area contributed by atoms with Crippen molar-refractivity contribution in [3.63, 3.8) is 0 Å². The molecule has 0 atom stereocenters. The van der Waals surface area contributed by atoms with E-state index in [0.717, 1.165) is 6.26 Å². The average Bonchev–Trinajstić information content (AvgIpc) is 2.34. The van der Waals surface area contributed by atoms with E-state index in [1.807, 2.05) is 0 Å².